The van der Waals surface area contributed by atoms with Gasteiger partial charge in [0, 0.05) is 41.0 Å². The van der Waals surface area contributed by atoms with E-state index in [2.05, 4.69) is 24.1 Å². The second kappa shape index (κ2) is 13.2. The number of aromatic nitrogens is 1. The summed E-state index contributed by atoms with van der Waals surface area (Å²) in [5, 5.41) is 15.2. The highest BCUT2D eigenvalue weighted by Gasteiger charge is 2.35. The molecule has 0 aliphatic carbocycles. The van der Waals surface area contributed by atoms with Gasteiger partial charge in [-0.15, -0.1) is 0 Å². The highest BCUT2D eigenvalue weighted by atomic mass is 35.5. The first-order valence-electron chi connectivity index (χ1n) is 15.1. The van der Waals surface area contributed by atoms with Crippen molar-refractivity contribution in [2.45, 2.75) is 58.8 Å². The van der Waals surface area contributed by atoms with Gasteiger partial charge < -0.3 is 19.3 Å². The smallest absolute Gasteiger partial charge is 0.259 e. The van der Waals surface area contributed by atoms with Crippen molar-refractivity contribution in [2.75, 3.05) is 26.2 Å². The number of amides is 2. The lowest BCUT2D eigenvalue weighted by atomic mass is 9.93. The third kappa shape index (κ3) is 5.86. The van der Waals surface area contributed by atoms with Gasteiger partial charge >= 0.3 is 0 Å². The van der Waals surface area contributed by atoms with Crippen molar-refractivity contribution >= 4 is 45.2 Å². The molecule has 0 radical (unpaired) electrons. The van der Waals surface area contributed by atoms with Crippen LogP contribution in [0.25, 0.3) is 32.9 Å². The van der Waals surface area contributed by atoms with Crippen LogP contribution in [0, 0.1) is 0 Å². The number of unbranched alkanes of at least 4 members (excludes halogenated alkanes) is 4. The Kier molecular flexibility index (Phi) is 9.39. The largest absolute Gasteiger partial charge is 0.504 e. The van der Waals surface area contributed by atoms with Crippen molar-refractivity contribution in [2.24, 2.45) is 7.05 Å². The molecule has 2 heterocycles. The number of phenolic OH excluding ortho intramolecular Hbond substituents is 1. The van der Waals surface area contributed by atoms with Crippen molar-refractivity contribution in [1.29, 1.82) is 0 Å². The van der Waals surface area contributed by atoms with Gasteiger partial charge in [-0.25, -0.2) is 0 Å². The molecule has 0 unspecified atom stereocenters. The third-order valence-corrected chi connectivity index (χ3v) is 8.58. The Morgan fingerprint density at radius 1 is 0.857 bits per heavy atom. The Morgan fingerprint density at radius 2 is 1.52 bits per heavy atom. The summed E-state index contributed by atoms with van der Waals surface area (Å²) >= 11 is 6.52. The molecule has 0 atom stereocenters. The fraction of sp³-hybridized carbons (Fsp3) is 0.412. The van der Waals surface area contributed by atoms with Crippen molar-refractivity contribution in [1.82, 2.24) is 14.8 Å². The van der Waals surface area contributed by atoms with Crippen LogP contribution < -0.4 is 10.1 Å². The number of aromatic hydroxyl groups is 1. The summed E-state index contributed by atoms with van der Waals surface area (Å²) in [6, 6.07) is 12.6. The molecule has 7 nitrogen and oxygen atoms in total. The summed E-state index contributed by atoms with van der Waals surface area (Å²) < 4.78 is 8.07. The summed E-state index contributed by atoms with van der Waals surface area (Å²) in [6.07, 6.45) is 8.22. The molecule has 3 aromatic carbocycles. The first-order valence-corrected chi connectivity index (χ1v) is 15.5. The Balaban J connectivity index is 1.44. The fourth-order valence-electron chi connectivity index (χ4n) is 6.05. The lowest BCUT2D eigenvalue weighted by Gasteiger charge is -2.22. The molecular formula is C34H40ClN3O4. The van der Waals surface area contributed by atoms with Gasteiger partial charge in [0.15, 0.2) is 11.5 Å². The van der Waals surface area contributed by atoms with Crippen LogP contribution in [0.4, 0.5) is 0 Å². The summed E-state index contributed by atoms with van der Waals surface area (Å²) in [4.78, 5) is 28.6. The molecule has 2 N–H and O–H groups in total. The Bertz CT molecular complexity index is 1620. The van der Waals surface area contributed by atoms with E-state index in [1.807, 2.05) is 41.9 Å². The zero-order valence-electron chi connectivity index (χ0n) is 24.8. The maximum Gasteiger partial charge on any atom is 0.259 e. The number of rotatable bonds is 14. The van der Waals surface area contributed by atoms with Gasteiger partial charge in [0.25, 0.3) is 11.8 Å². The van der Waals surface area contributed by atoms with Crippen LogP contribution in [0.3, 0.4) is 0 Å². The average Bonchev–Trinajstić information content (AvgIpc) is 3.42. The lowest BCUT2D eigenvalue weighted by molar-refractivity contribution is 0.0880. The number of carbonyl (C=O) groups excluding carboxylic acids is 2. The summed E-state index contributed by atoms with van der Waals surface area (Å²) in [5.74, 6) is -0.498. The van der Waals surface area contributed by atoms with Crippen molar-refractivity contribution in [3.63, 3.8) is 0 Å². The molecule has 4 aromatic rings. The maximum absolute atomic E-state index is 13.1. The molecule has 222 valence electrons. The van der Waals surface area contributed by atoms with Crippen molar-refractivity contribution < 1.29 is 19.4 Å². The number of carbonyl (C=O) groups is 2. The number of benzene rings is 3. The molecule has 0 saturated carbocycles. The molecule has 8 heteroatoms. The molecule has 0 saturated heterocycles. The minimum Gasteiger partial charge on any atom is -0.504 e. The number of ether oxygens (including phenoxy) is 1. The highest BCUT2D eigenvalue weighted by molar-refractivity contribution is 6.36. The standard InChI is InChI=1S/C34H40ClN3O4/c1-4-6-10-15-38(16-11-7-5-2)17-12-18-42-29-21-26-24(20-28(29)39)30-27(37(26)3)19-23(22-13-8-9-14-25(22)35)31-32(30)34(41)36-33(31)40/h8-9,13-14,19-21,39H,4-7,10-12,15-18H2,1-3H3,(H,36,40,41). The minimum absolute atomic E-state index is 0.00593. The van der Waals surface area contributed by atoms with E-state index in [1.165, 1.54) is 38.5 Å². The number of nitrogens with one attached hydrogen (secondary N) is 1. The van der Waals surface area contributed by atoms with E-state index in [1.54, 1.807) is 12.1 Å². The first-order chi connectivity index (χ1) is 20.3. The number of imide groups is 1. The lowest BCUT2D eigenvalue weighted by Crippen LogP contribution is -2.28. The summed E-state index contributed by atoms with van der Waals surface area (Å²) in [6.45, 7) is 8.14. The SMILES string of the molecule is CCCCCN(CCCCC)CCCOc1cc2c(cc1O)c1c3c(c(-c4ccccc4Cl)cc1n2C)C(=O)NC3=O. The summed E-state index contributed by atoms with van der Waals surface area (Å²) in [5.41, 5.74) is 3.44. The van der Waals surface area contributed by atoms with E-state index in [9.17, 15) is 14.7 Å². The van der Waals surface area contributed by atoms with Crippen molar-refractivity contribution in [3.05, 3.63) is 58.6 Å². The number of hydrogen-bond acceptors (Lipinski definition) is 5. The second-order valence-corrected chi connectivity index (χ2v) is 11.6. The van der Waals surface area contributed by atoms with Gasteiger partial charge in [0.1, 0.15) is 0 Å². The monoisotopic (exact) mass is 589 g/mol. The second-order valence-electron chi connectivity index (χ2n) is 11.2. The molecule has 42 heavy (non-hydrogen) atoms. The Morgan fingerprint density at radius 3 is 2.21 bits per heavy atom. The van der Waals surface area contributed by atoms with E-state index in [4.69, 9.17) is 16.3 Å². The number of hydrogen-bond donors (Lipinski definition) is 2. The van der Waals surface area contributed by atoms with Crippen LogP contribution >= 0.6 is 11.6 Å². The van der Waals surface area contributed by atoms with Gasteiger partial charge in [-0.1, -0.05) is 69.3 Å². The van der Waals surface area contributed by atoms with Gasteiger partial charge in [-0.3, -0.25) is 14.9 Å². The highest BCUT2D eigenvalue weighted by Crippen LogP contribution is 2.44. The number of nitrogens with zero attached hydrogens (tertiary/aromatic N) is 2. The van der Waals surface area contributed by atoms with Gasteiger partial charge in [-0.05, 0) is 56.1 Å². The molecular weight excluding hydrogens is 550 g/mol. The predicted octanol–water partition coefficient (Wildman–Crippen LogP) is 7.69. The number of aryl methyl sites for hydroxylation is 1. The van der Waals surface area contributed by atoms with Gasteiger partial charge in [-0.2, -0.15) is 0 Å². The summed E-state index contributed by atoms with van der Waals surface area (Å²) in [7, 11) is 1.91. The van der Waals surface area contributed by atoms with E-state index < -0.39 is 11.8 Å². The Labute approximate surface area is 252 Å². The normalized spacial score (nSPS) is 13.0. The first kappa shape index (κ1) is 29.9. The predicted molar refractivity (Wildman–Crippen MR) is 170 cm³/mol. The molecule has 5 rings (SSSR count). The Hall–Kier alpha value is -3.55. The quantitative estimate of drug-likeness (QED) is 0.116. The maximum atomic E-state index is 13.1. The van der Waals surface area contributed by atoms with Crippen LogP contribution in [0.1, 0.15) is 79.5 Å². The van der Waals surface area contributed by atoms with E-state index >= 15 is 0 Å². The van der Waals surface area contributed by atoms with Crippen molar-refractivity contribution in [3.8, 4) is 22.6 Å². The van der Waals surface area contributed by atoms with E-state index in [0.717, 1.165) is 37.1 Å². The van der Waals surface area contributed by atoms with Gasteiger partial charge in [0.05, 0.1) is 28.8 Å². The van der Waals surface area contributed by atoms with Crippen LogP contribution in [0.2, 0.25) is 5.02 Å². The molecule has 1 aromatic heterocycles. The fourth-order valence-corrected chi connectivity index (χ4v) is 6.28. The number of phenols is 1. The molecule has 1 aliphatic rings. The van der Waals surface area contributed by atoms with Crippen LogP contribution in [-0.4, -0.2) is 52.6 Å². The molecule has 0 spiro atoms. The topological polar surface area (TPSA) is 83.8 Å². The van der Waals surface area contributed by atoms with E-state index in [-0.39, 0.29) is 5.75 Å². The number of halogens is 1. The third-order valence-electron chi connectivity index (χ3n) is 8.25. The molecule has 0 fully saturated rings. The van der Waals surface area contributed by atoms with Gasteiger partial charge in [0.2, 0.25) is 0 Å². The minimum atomic E-state index is -0.455. The molecule has 2 amide bonds. The zero-order valence-corrected chi connectivity index (χ0v) is 25.5. The van der Waals surface area contributed by atoms with Crippen LogP contribution in [0.5, 0.6) is 11.5 Å². The van der Waals surface area contributed by atoms with Crippen LogP contribution in [0.15, 0.2) is 42.5 Å². The number of fused-ring (bicyclic) bond motifs is 5. The molecule has 0 bridgehead atoms. The zero-order chi connectivity index (χ0) is 29.8. The van der Waals surface area contributed by atoms with E-state index in [0.29, 0.717) is 50.4 Å². The molecule has 1 aliphatic heterocycles. The van der Waals surface area contributed by atoms with Crippen LogP contribution in [-0.2, 0) is 7.05 Å². The average molecular weight is 590 g/mol.